The van der Waals surface area contributed by atoms with Crippen LogP contribution in [0.3, 0.4) is 0 Å². The van der Waals surface area contributed by atoms with Crippen LogP contribution in [0, 0.1) is 0 Å². The molecule has 3 N–H and O–H groups in total. The molecule has 1 saturated carbocycles. The molecule has 3 rings (SSSR count). The summed E-state index contributed by atoms with van der Waals surface area (Å²) >= 11 is 17.0. The molecule has 0 amide bonds. The second kappa shape index (κ2) is 7.37. The number of nitrogens with one attached hydrogen (secondary N) is 3. The molecular formula is C16H15Cl2N3O2S2. The highest BCUT2D eigenvalue weighted by atomic mass is 35.5. The van der Waals surface area contributed by atoms with Gasteiger partial charge < -0.3 is 10.6 Å². The van der Waals surface area contributed by atoms with Crippen LogP contribution in [0.1, 0.15) is 12.8 Å². The predicted molar refractivity (Wildman–Crippen MR) is 106 cm³/mol. The molecule has 0 radical (unpaired) electrons. The van der Waals surface area contributed by atoms with Crippen molar-refractivity contribution in [2.24, 2.45) is 0 Å². The zero-order valence-electron chi connectivity index (χ0n) is 12.9. The molecule has 2 aromatic carbocycles. The first-order valence-corrected chi connectivity index (χ1v) is 10.1. The first-order chi connectivity index (χ1) is 11.8. The van der Waals surface area contributed by atoms with Crippen LogP contribution >= 0.6 is 35.4 Å². The van der Waals surface area contributed by atoms with E-state index in [1.54, 1.807) is 12.1 Å². The van der Waals surface area contributed by atoms with Crippen molar-refractivity contribution in [2.75, 3.05) is 10.0 Å². The van der Waals surface area contributed by atoms with E-state index in [0.29, 0.717) is 32.6 Å². The Morgan fingerprint density at radius 1 is 1.00 bits per heavy atom. The lowest BCUT2D eigenvalue weighted by Gasteiger charge is -2.11. The average Bonchev–Trinajstić information content (AvgIpc) is 3.30. The largest absolute Gasteiger partial charge is 0.360 e. The minimum Gasteiger partial charge on any atom is -0.360 e. The van der Waals surface area contributed by atoms with Crippen LogP contribution in [0.2, 0.25) is 10.0 Å². The van der Waals surface area contributed by atoms with Crippen molar-refractivity contribution in [3.8, 4) is 0 Å². The number of halogens is 2. The highest BCUT2D eigenvalue weighted by Gasteiger charge is 2.21. The maximum atomic E-state index is 12.5. The number of thiocarbonyl (C=S) groups is 1. The fraction of sp³-hybridized carbons (Fsp3) is 0.188. The number of rotatable bonds is 5. The summed E-state index contributed by atoms with van der Waals surface area (Å²) < 4.78 is 27.4. The number of hydrogen-bond acceptors (Lipinski definition) is 3. The molecular weight excluding hydrogens is 401 g/mol. The number of hydrogen-bond donors (Lipinski definition) is 3. The van der Waals surface area contributed by atoms with Gasteiger partial charge in [0.1, 0.15) is 0 Å². The molecule has 25 heavy (non-hydrogen) atoms. The summed E-state index contributed by atoms with van der Waals surface area (Å²) in [7, 11) is -3.74. The Labute approximate surface area is 161 Å². The van der Waals surface area contributed by atoms with Crippen molar-refractivity contribution >= 4 is 61.9 Å². The van der Waals surface area contributed by atoms with E-state index >= 15 is 0 Å². The summed E-state index contributed by atoms with van der Waals surface area (Å²) in [6.45, 7) is 0. The van der Waals surface area contributed by atoms with Crippen molar-refractivity contribution in [2.45, 2.75) is 23.8 Å². The third-order valence-electron chi connectivity index (χ3n) is 3.45. The van der Waals surface area contributed by atoms with Crippen molar-refractivity contribution in [3.05, 3.63) is 52.5 Å². The average molecular weight is 416 g/mol. The molecule has 0 spiro atoms. The molecule has 2 aromatic rings. The second-order valence-electron chi connectivity index (χ2n) is 5.66. The van der Waals surface area contributed by atoms with Gasteiger partial charge in [0, 0.05) is 21.8 Å². The normalized spacial score (nSPS) is 14.0. The first kappa shape index (κ1) is 18.3. The Morgan fingerprint density at radius 3 is 2.16 bits per heavy atom. The van der Waals surface area contributed by atoms with E-state index in [1.165, 1.54) is 30.3 Å². The van der Waals surface area contributed by atoms with E-state index in [-0.39, 0.29) is 4.90 Å². The van der Waals surface area contributed by atoms with E-state index in [0.717, 1.165) is 12.8 Å². The van der Waals surface area contributed by atoms with Gasteiger partial charge in [-0.05, 0) is 67.5 Å². The van der Waals surface area contributed by atoms with Crippen LogP contribution in [0.25, 0.3) is 0 Å². The van der Waals surface area contributed by atoms with E-state index < -0.39 is 10.0 Å². The number of sulfonamides is 1. The third-order valence-corrected chi connectivity index (χ3v) is 5.50. The molecule has 5 nitrogen and oxygen atoms in total. The van der Waals surface area contributed by atoms with Crippen LogP contribution in [-0.2, 0) is 10.0 Å². The molecule has 1 fully saturated rings. The number of anilines is 2. The zero-order valence-corrected chi connectivity index (χ0v) is 16.1. The van der Waals surface area contributed by atoms with Crippen LogP contribution in [0.15, 0.2) is 47.4 Å². The van der Waals surface area contributed by atoms with E-state index in [9.17, 15) is 8.42 Å². The maximum absolute atomic E-state index is 12.5. The lowest BCUT2D eigenvalue weighted by molar-refractivity contribution is 0.601. The Hall–Kier alpha value is -1.54. The Kier molecular flexibility index (Phi) is 5.38. The van der Waals surface area contributed by atoms with Gasteiger partial charge in [-0.15, -0.1) is 0 Å². The fourth-order valence-electron chi connectivity index (χ4n) is 2.12. The molecule has 0 heterocycles. The van der Waals surface area contributed by atoms with Crippen LogP contribution in [-0.4, -0.2) is 19.6 Å². The van der Waals surface area contributed by atoms with Crippen molar-refractivity contribution < 1.29 is 8.42 Å². The highest BCUT2D eigenvalue weighted by molar-refractivity contribution is 7.92. The molecule has 132 valence electrons. The van der Waals surface area contributed by atoms with Crippen molar-refractivity contribution in [1.29, 1.82) is 0 Å². The SMILES string of the molecule is O=S(=O)(Nc1cc(Cl)cc(Cl)c1)c1ccc(NC(=S)NC2CC2)cc1. The standard InChI is InChI=1S/C16H15Cl2N3O2S2/c17-10-7-11(18)9-14(8-10)21-25(22,23)15-5-3-13(4-6-15)20-16(24)19-12-1-2-12/h3-9,12,21H,1-2H2,(H2,19,20,24). The predicted octanol–water partition coefficient (Wildman–Crippen LogP) is 4.24. The topological polar surface area (TPSA) is 70.2 Å². The summed E-state index contributed by atoms with van der Waals surface area (Å²) in [5.74, 6) is 0. The monoisotopic (exact) mass is 415 g/mol. The molecule has 1 aliphatic carbocycles. The van der Waals surface area contributed by atoms with Crippen LogP contribution < -0.4 is 15.4 Å². The van der Waals surface area contributed by atoms with Gasteiger partial charge in [-0.25, -0.2) is 8.42 Å². The minimum atomic E-state index is -3.74. The maximum Gasteiger partial charge on any atom is 0.261 e. The molecule has 0 aliphatic heterocycles. The summed E-state index contributed by atoms with van der Waals surface area (Å²) in [4.78, 5) is 0.121. The first-order valence-electron chi connectivity index (χ1n) is 7.48. The van der Waals surface area contributed by atoms with Gasteiger partial charge in [0.25, 0.3) is 10.0 Å². The molecule has 0 unspecified atom stereocenters. The smallest absolute Gasteiger partial charge is 0.261 e. The second-order valence-corrected chi connectivity index (χ2v) is 8.62. The van der Waals surface area contributed by atoms with Gasteiger partial charge >= 0.3 is 0 Å². The summed E-state index contributed by atoms with van der Waals surface area (Å²) in [5.41, 5.74) is 1.01. The van der Waals surface area contributed by atoms with Crippen LogP contribution in [0.5, 0.6) is 0 Å². The zero-order chi connectivity index (χ0) is 18.0. The fourth-order valence-corrected chi connectivity index (χ4v) is 3.98. The molecule has 1 aliphatic rings. The van der Waals surface area contributed by atoms with Gasteiger partial charge in [0.15, 0.2) is 5.11 Å². The molecule has 0 aromatic heterocycles. The van der Waals surface area contributed by atoms with E-state index in [1.807, 2.05) is 0 Å². The lowest BCUT2D eigenvalue weighted by atomic mass is 10.3. The van der Waals surface area contributed by atoms with Crippen LogP contribution in [0.4, 0.5) is 11.4 Å². The molecule has 0 atom stereocenters. The van der Waals surface area contributed by atoms with Gasteiger partial charge in [-0.2, -0.15) is 0 Å². The highest BCUT2D eigenvalue weighted by Crippen LogP contribution is 2.25. The summed E-state index contributed by atoms with van der Waals surface area (Å²) in [6, 6.07) is 11.3. The Morgan fingerprint density at radius 2 is 1.60 bits per heavy atom. The molecule has 9 heteroatoms. The van der Waals surface area contributed by atoms with Crippen molar-refractivity contribution in [1.82, 2.24) is 5.32 Å². The van der Waals surface area contributed by atoms with E-state index in [4.69, 9.17) is 35.4 Å². The summed E-state index contributed by atoms with van der Waals surface area (Å²) in [6.07, 6.45) is 2.25. The van der Waals surface area contributed by atoms with Gasteiger partial charge in [0.2, 0.25) is 0 Å². The number of benzene rings is 2. The van der Waals surface area contributed by atoms with E-state index in [2.05, 4.69) is 15.4 Å². The Balaban J connectivity index is 1.70. The molecule has 0 bridgehead atoms. The quantitative estimate of drug-likeness (QED) is 0.636. The third kappa shape index (κ3) is 5.22. The Bertz CT molecular complexity index is 878. The lowest BCUT2D eigenvalue weighted by Crippen LogP contribution is -2.30. The minimum absolute atomic E-state index is 0.121. The van der Waals surface area contributed by atoms with Gasteiger partial charge in [-0.1, -0.05) is 23.2 Å². The summed E-state index contributed by atoms with van der Waals surface area (Å²) in [5, 5.41) is 7.41. The molecule has 0 saturated heterocycles. The van der Waals surface area contributed by atoms with Gasteiger partial charge in [0.05, 0.1) is 10.6 Å². The van der Waals surface area contributed by atoms with Gasteiger partial charge in [-0.3, -0.25) is 4.72 Å². The van der Waals surface area contributed by atoms with Crippen molar-refractivity contribution in [3.63, 3.8) is 0 Å².